The van der Waals surface area contributed by atoms with Crippen molar-refractivity contribution in [3.8, 4) is 5.75 Å². The molecule has 2 N–H and O–H groups in total. The lowest BCUT2D eigenvalue weighted by molar-refractivity contribution is -0.119. The third-order valence-corrected chi connectivity index (χ3v) is 7.44. The van der Waals surface area contributed by atoms with E-state index in [0.29, 0.717) is 29.3 Å². The quantitative estimate of drug-likeness (QED) is 0.724. The van der Waals surface area contributed by atoms with Gasteiger partial charge in [0, 0.05) is 23.0 Å². The smallest absolute Gasteiger partial charge is 0.228 e. The summed E-state index contributed by atoms with van der Waals surface area (Å²) in [5, 5.41) is 5.45. The van der Waals surface area contributed by atoms with Gasteiger partial charge in [0.2, 0.25) is 11.8 Å². The Kier molecular flexibility index (Phi) is 6.49. The van der Waals surface area contributed by atoms with Gasteiger partial charge in [-0.3, -0.25) is 9.59 Å². The van der Waals surface area contributed by atoms with Gasteiger partial charge in [-0.2, -0.15) is 0 Å². The van der Waals surface area contributed by atoms with Crippen molar-refractivity contribution in [1.29, 1.82) is 0 Å². The molecule has 0 radical (unpaired) electrons. The van der Waals surface area contributed by atoms with Crippen molar-refractivity contribution in [3.63, 3.8) is 0 Å². The second-order valence-corrected chi connectivity index (χ2v) is 9.85. The summed E-state index contributed by atoms with van der Waals surface area (Å²) in [5.74, 6) is -0.562. The van der Waals surface area contributed by atoms with Crippen molar-refractivity contribution in [3.05, 3.63) is 42.5 Å². The number of sulfone groups is 1. The minimum absolute atomic E-state index is 0.0796. The highest BCUT2D eigenvalue weighted by atomic mass is 32.2. The van der Waals surface area contributed by atoms with Gasteiger partial charge in [0.25, 0.3) is 0 Å². The van der Waals surface area contributed by atoms with Crippen molar-refractivity contribution in [2.24, 2.45) is 5.92 Å². The van der Waals surface area contributed by atoms with Gasteiger partial charge in [-0.1, -0.05) is 19.1 Å². The fourth-order valence-electron chi connectivity index (χ4n) is 2.90. The molecule has 1 aliphatic heterocycles. The van der Waals surface area contributed by atoms with Crippen LogP contribution in [0, 0.1) is 5.92 Å². The maximum absolute atomic E-state index is 12.9. The van der Waals surface area contributed by atoms with Crippen LogP contribution in [0.3, 0.4) is 0 Å². The van der Waals surface area contributed by atoms with Crippen molar-refractivity contribution >= 4 is 44.8 Å². The highest BCUT2D eigenvalue weighted by Gasteiger charge is 2.25. The molecule has 2 aromatic carbocycles. The van der Waals surface area contributed by atoms with Crippen LogP contribution < -0.4 is 15.4 Å². The fourth-order valence-corrected chi connectivity index (χ4v) is 5.41. The molecule has 2 aromatic rings. The van der Waals surface area contributed by atoms with Gasteiger partial charge >= 0.3 is 0 Å². The molecule has 154 valence electrons. The number of ether oxygens (including phenoxy) is 1. The summed E-state index contributed by atoms with van der Waals surface area (Å²) in [6, 6.07) is 11.6. The van der Waals surface area contributed by atoms with Gasteiger partial charge < -0.3 is 15.4 Å². The minimum Gasteiger partial charge on any atom is -0.495 e. The topological polar surface area (TPSA) is 102 Å². The van der Waals surface area contributed by atoms with E-state index < -0.39 is 21.7 Å². The summed E-state index contributed by atoms with van der Waals surface area (Å²) in [6.07, 6.45) is 0.377. The molecule has 9 heteroatoms. The number of rotatable bonds is 6. The summed E-state index contributed by atoms with van der Waals surface area (Å²) in [4.78, 5) is 25.2. The number of nitrogens with one attached hydrogen (secondary N) is 2. The zero-order valence-corrected chi connectivity index (χ0v) is 17.7. The maximum Gasteiger partial charge on any atom is 0.228 e. The second kappa shape index (κ2) is 8.87. The molecule has 0 aromatic heterocycles. The zero-order chi connectivity index (χ0) is 21.0. The highest BCUT2D eigenvalue weighted by Crippen LogP contribution is 2.33. The van der Waals surface area contributed by atoms with Gasteiger partial charge in [-0.15, -0.1) is 11.8 Å². The Balaban J connectivity index is 1.75. The molecule has 3 rings (SSSR count). The number of anilines is 2. The first-order valence-corrected chi connectivity index (χ1v) is 11.7. The summed E-state index contributed by atoms with van der Waals surface area (Å²) >= 11 is 1.50. The van der Waals surface area contributed by atoms with E-state index >= 15 is 0 Å². The number of carbonyl (C=O) groups excluding carboxylic acids is 2. The standard InChI is InChI=1S/C20H22N2O5S2/c1-13(20(24)22-15-5-3-4-6-17(15)27-2)12-29(25,26)14-7-8-18-16(11-14)21-19(23)9-10-28-18/h3-8,11,13H,9-10,12H2,1-2H3,(H,21,23)(H,22,24)/t13-/m0/s1. The Hall–Kier alpha value is -2.52. The summed E-state index contributed by atoms with van der Waals surface area (Å²) in [7, 11) is -2.23. The van der Waals surface area contributed by atoms with Crippen molar-refractivity contribution in [1.82, 2.24) is 0 Å². The van der Waals surface area contributed by atoms with Crippen LogP contribution in [0.1, 0.15) is 13.3 Å². The molecule has 0 saturated heterocycles. The lowest BCUT2D eigenvalue weighted by Gasteiger charge is -2.15. The molecule has 1 heterocycles. The average Bonchev–Trinajstić information content (AvgIpc) is 2.87. The normalized spacial score (nSPS) is 14.9. The first-order valence-electron chi connectivity index (χ1n) is 9.03. The van der Waals surface area contributed by atoms with E-state index in [-0.39, 0.29) is 16.6 Å². The van der Waals surface area contributed by atoms with Crippen LogP contribution in [0.2, 0.25) is 0 Å². The van der Waals surface area contributed by atoms with E-state index in [1.807, 2.05) is 0 Å². The largest absolute Gasteiger partial charge is 0.495 e. The van der Waals surface area contributed by atoms with Crippen LogP contribution in [-0.4, -0.2) is 38.8 Å². The SMILES string of the molecule is COc1ccccc1NC(=O)[C@@H](C)CS(=O)(=O)c1ccc2c(c1)NC(=O)CCS2. The second-order valence-electron chi connectivity index (χ2n) is 6.68. The lowest BCUT2D eigenvalue weighted by Crippen LogP contribution is -2.27. The van der Waals surface area contributed by atoms with E-state index in [1.54, 1.807) is 37.3 Å². The first kappa shape index (κ1) is 21.2. The third kappa shape index (κ3) is 5.10. The third-order valence-electron chi connectivity index (χ3n) is 4.45. The summed E-state index contributed by atoms with van der Waals surface area (Å²) in [5.41, 5.74) is 0.971. The number of carbonyl (C=O) groups is 2. The zero-order valence-electron chi connectivity index (χ0n) is 16.1. The van der Waals surface area contributed by atoms with Crippen LogP contribution in [0.5, 0.6) is 5.75 Å². The lowest BCUT2D eigenvalue weighted by atomic mass is 10.2. The average molecular weight is 435 g/mol. The molecule has 1 atom stereocenters. The van der Waals surface area contributed by atoms with Gasteiger partial charge in [-0.25, -0.2) is 8.42 Å². The van der Waals surface area contributed by atoms with E-state index in [2.05, 4.69) is 10.6 Å². The van der Waals surface area contributed by atoms with Crippen LogP contribution in [0.15, 0.2) is 52.3 Å². The molecule has 0 bridgehead atoms. The number of methoxy groups -OCH3 is 1. The molecular weight excluding hydrogens is 412 g/mol. The molecule has 7 nitrogen and oxygen atoms in total. The summed E-state index contributed by atoms with van der Waals surface area (Å²) in [6.45, 7) is 1.56. The predicted molar refractivity (Wildman–Crippen MR) is 113 cm³/mol. The molecule has 0 saturated carbocycles. The Bertz CT molecular complexity index is 1040. The molecule has 29 heavy (non-hydrogen) atoms. The number of benzene rings is 2. The number of hydrogen-bond acceptors (Lipinski definition) is 6. The minimum atomic E-state index is -3.73. The predicted octanol–water partition coefficient (Wildman–Crippen LogP) is 3.18. The Morgan fingerprint density at radius 2 is 2.03 bits per heavy atom. The molecule has 2 amide bonds. The summed E-state index contributed by atoms with van der Waals surface area (Å²) < 4.78 is 30.9. The Labute approximate surface area is 174 Å². The van der Waals surface area contributed by atoms with Crippen molar-refractivity contribution in [2.45, 2.75) is 23.1 Å². The van der Waals surface area contributed by atoms with Crippen molar-refractivity contribution < 1.29 is 22.7 Å². The number of para-hydroxylation sites is 2. The van der Waals surface area contributed by atoms with Gasteiger partial charge in [0.05, 0.1) is 29.1 Å². The first-order chi connectivity index (χ1) is 13.8. The van der Waals surface area contributed by atoms with Crippen molar-refractivity contribution in [2.75, 3.05) is 29.2 Å². The number of amides is 2. The van der Waals surface area contributed by atoms with Gasteiger partial charge in [0.1, 0.15) is 5.75 Å². The van der Waals surface area contributed by atoms with E-state index in [1.165, 1.54) is 31.0 Å². The molecular formula is C20H22N2O5S2. The van der Waals surface area contributed by atoms with Crippen LogP contribution in [0.25, 0.3) is 0 Å². The van der Waals surface area contributed by atoms with Crippen LogP contribution in [0.4, 0.5) is 11.4 Å². The molecule has 0 unspecified atom stereocenters. The van der Waals surface area contributed by atoms with Crippen LogP contribution >= 0.6 is 11.8 Å². The Morgan fingerprint density at radius 3 is 2.79 bits per heavy atom. The highest BCUT2D eigenvalue weighted by molar-refractivity contribution is 7.99. The fraction of sp³-hybridized carbons (Fsp3) is 0.300. The van der Waals surface area contributed by atoms with E-state index in [9.17, 15) is 18.0 Å². The van der Waals surface area contributed by atoms with Gasteiger partial charge in [-0.05, 0) is 30.3 Å². The van der Waals surface area contributed by atoms with Crippen LogP contribution in [-0.2, 0) is 19.4 Å². The van der Waals surface area contributed by atoms with E-state index in [0.717, 1.165) is 4.90 Å². The number of fused-ring (bicyclic) bond motifs is 1. The molecule has 1 aliphatic rings. The maximum atomic E-state index is 12.9. The monoisotopic (exact) mass is 434 g/mol. The molecule has 0 spiro atoms. The number of hydrogen-bond donors (Lipinski definition) is 2. The van der Waals surface area contributed by atoms with Gasteiger partial charge in [0.15, 0.2) is 9.84 Å². The molecule has 0 aliphatic carbocycles. The Morgan fingerprint density at radius 1 is 1.28 bits per heavy atom. The number of thioether (sulfide) groups is 1. The molecule has 0 fully saturated rings. The van der Waals surface area contributed by atoms with E-state index in [4.69, 9.17) is 4.74 Å².